The Morgan fingerprint density at radius 1 is 0.462 bits per heavy atom. The van der Waals surface area contributed by atoms with Crippen LogP contribution in [0.5, 0.6) is 0 Å². The smallest absolute Gasteiger partial charge is 0.234 e. The van der Waals surface area contributed by atoms with Gasteiger partial charge in [-0.05, 0) is 179 Å². The SMILES string of the molecule is Cc1sc2c(c1C)C(c1ccc(Cl)cc1)=N[C@@H](CNC(=O)CCCN1CCCCC1)c1nnc(C)n1-2.Cc1sc2c(c1C)C(c1ccc(Cl)cc1)=N[C@@H](CNC(=O)CCc1cccnc1)c1nnc(C)n1-2.Cc1sc2c(c1C)C(c1ccc(Cl)cc1)=N[C@@H](CNC(=O)CN1CCN(C)CC1)c1nnc(C)n1-2. The average Bonchev–Trinajstić information content (AvgIpc) is 1.61. The monoisotopic (exact) mass is 1540 g/mol. The lowest BCUT2D eigenvalue weighted by Crippen LogP contribution is -2.48. The molecule has 0 spiro atoms. The maximum atomic E-state index is 12.8. The minimum Gasteiger partial charge on any atom is -0.353 e. The fraction of sp³-hybridized carbons (Fsp3) is 0.397. The first-order valence-corrected chi connectivity index (χ1v) is 39.7. The zero-order valence-electron chi connectivity index (χ0n) is 61.4. The number of rotatable bonds is 18. The zero-order chi connectivity index (χ0) is 74.4. The molecule has 2 saturated heterocycles. The van der Waals surface area contributed by atoms with Crippen molar-refractivity contribution >= 4 is 104 Å². The summed E-state index contributed by atoms with van der Waals surface area (Å²) in [6.07, 6.45) is 9.79. The van der Waals surface area contributed by atoms with Gasteiger partial charge in [-0.15, -0.1) is 64.6 Å². The molecule has 3 aromatic carbocycles. The molecule has 0 unspecified atom stereocenters. The summed E-state index contributed by atoms with van der Waals surface area (Å²) in [5.41, 5.74) is 13.5. The lowest BCUT2D eigenvalue weighted by molar-refractivity contribution is -0.123. The van der Waals surface area contributed by atoms with E-state index >= 15 is 0 Å². The molecule has 28 heteroatoms. The van der Waals surface area contributed by atoms with Crippen molar-refractivity contribution in [1.29, 1.82) is 0 Å². The van der Waals surface area contributed by atoms with E-state index in [-0.39, 0.29) is 35.8 Å². The number of likely N-dealkylation sites (N-methyl/N-ethyl adjacent to an activating group) is 1. The van der Waals surface area contributed by atoms with Gasteiger partial charge in [0.1, 0.15) is 50.6 Å². The summed E-state index contributed by atoms with van der Waals surface area (Å²) < 4.78 is 6.29. The molecule has 0 radical (unpaired) electrons. The highest BCUT2D eigenvalue weighted by Crippen LogP contribution is 2.42. The van der Waals surface area contributed by atoms with Crippen molar-refractivity contribution in [3.63, 3.8) is 0 Å². The Labute approximate surface area is 645 Å². The third-order valence-corrected chi connectivity index (χ3v) is 24.5. The van der Waals surface area contributed by atoms with Crippen molar-refractivity contribution in [2.24, 2.45) is 15.0 Å². The second-order valence-electron chi connectivity index (χ2n) is 27.6. The summed E-state index contributed by atoms with van der Waals surface area (Å²) >= 11 is 23.7. The van der Waals surface area contributed by atoms with Crippen molar-refractivity contribution in [1.82, 2.24) is 79.9 Å². The Bertz CT molecular complexity index is 4920. The number of benzene rings is 3. The number of pyridine rings is 1. The summed E-state index contributed by atoms with van der Waals surface area (Å²) in [4.78, 5) is 68.6. The highest BCUT2D eigenvalue weighted by atomic mass is 35.5. The molecule has 22 nitrogen and oxygen atoms in total. The first-order chi connectivity index (χ1) is 51.2. The molecule has 3 atom stereocenters. The van der Waals surface area contributed by atoms with E-state index in [1.807, 2.05) is 106 Å². The summed E-state index contributed by atoms with van der Waals surface area (Å²) in [7, 11) is 2.11. The molecule has 0 bridgehead atoms. The van der Waals surface area contributed by atoms with E-state index in [1.165, 1.54) is 50.6 Å². The van der Waals surface area contributed by atoms with Crippen LogP contribution in [0, 0.1) is 62.3 Å². The lowest BCUT2D eigenvalue weighted by Gasteiger charge is -2.31. The minimum absolute atomic E-state index is 0.00614. The normalized spacial score (nSPS) is 17.0. The van der Waals surface area contributed by atoms with Gasteiger partial charge in [0.15, 0.2) is 17.5 Å². The van der Waals surface area contributed by atoms with E-state index in [2.05, 4.69) is 129 Å². The van der Waals surface area contributed by atoms with Crippen LogP contribution in [0.1, 0.15) is 162 Å². The Balaban J connectivity index is 0.000000141. The van der Waals surface area contributed by atoms with Crippen LogP contribution in [0.25, 0.3) is 15.0 Å². The average molecular weight is 1540 g/mol. The molecule has 12 heterocycles. The first-order valence-electron chi connectivity index (χ1n) is 36.1. The number of halogens is 3. The summed E-state index contributed by atoms with van der Waals surface area (Å²) in [5.74, 6) is 4.68. The first kappa shape index (κ1) is 75.7. The van der Waals surface area contributed by atoms with E-state index in [9.17, 15) is 14.4 Å². The second-order valence-corrected chi connectivity index (χ2v) is 32.5. The predicted molar refractivity (Wildman–Crippen MR) is 425 cm³/mol. The number of nitrogens with one attached hydrogen (secondary N) is 3. The van der Waals surface area contributed by atoms with Crippen molar-refractivity contribution in [2.45, 2.75) is 125 Å². The number of hydrogen-bond acceptors (Lipinski definition) is 19. The van der Waals surface area contributed by atoms with Crippen molar-refractivity contribution in [3.05, 3.63) is 218 Å². The van der Waals surface area contributed by atoms with Crippen LogP contribution in [0.2, 0.25) is 15.1 Å². The predicted octanol–water partition coefficient (Wildman–Crippen LogP) is 13.3. The molecule has 5 aliphatic heterocycles. The van der Waals surface area contributed by atoms with Crippen LogP contribution < -0.4 is 16.0 Å². The number of piperidine rings is 1. The van der Waals surface area contributed by atoms with Crippen LogP contribution >= 0.6 is 68.8 Å². The van der Waals surface area contributed by atoms with Crippen molar-refractivity contribution in [3.8, 4) is 15.0 Å². The number of likely N-dealkylation sites (tertiary alicyclic amines) is 1. The Morgan fingerprint density at radius 3 is 1.24 bits per heavy atom. The largest absolute Gasteiger partial charge is 0.353 e. The highest BCUT2D eigenvalue weighted by Gasteiger charge is 2.36. The van der Waals surface area contributed by atoms with Gasteiger partial charge in [-0.2, -0.15) is 0 Å². The van der Waals surface area contributed by atoms with E-state index in [1.54, 1.807) is 46.4 Å². The Morgan fingerprint density at radius 2 is 0.849 bits per heavy atom. The molecule has 15 rings (SSSR count). The van der Waals surface area contributed by atoms with Gasteiger partial charge in [0.05, 0.1) is 23.7 Å². The number of carbonyl (C=O) groups excluding carboxylic acids is 3. The molecule has 552 valence electrons. The third-order valence-electron chi connectivity index (χ3n) is 20.2. The van der Waals surface area contributed by atoms with Gasteiger partial charge >= 0.3 is 0 Å². The van der Waals surface area contributed by atoms with E-state index in [0.29, 0.717) is 60.5 Å². The fourth-order valence-corrected chi connectivity index (χ4v) is 17.9. The quantitative estimate of drug-likeness (QED) is 0.0725. The summed E-state index contributed by atoms with van der Waals surface area (Å²) in [6, 6.07) is 26.0. The van der Waals surface area contributed by atoms with Crippen LogP contribution in [0.15, 0.2) is 112 Å². The number of amides is 3. The molecule has 7 aromatic heterocycles. The van der Waals surface area contributed by atoms with Gasteiger partial charge in [-0.25, -0.2) is 0 Å². The maximum absolute atomic E-state index is 12.8. The Hall–Kier alpha value is -8.50. The van der Waals surface area contributed by atoms with Crippen molar-refractivity contribution < 1.29 is 14.4 Å². The molecular weight excluding hydrogens is 1450 g/mol. The molecule has 3 amide bonds. The molecular formula is C78H88Cl3N19O3S3. The van der Waals surface area contributed by atoms with Crippen LogP contribution in [0.4, 0.5) is 0 Å². The van der Waals surface area contributed by atoms with Crippen LogP contribution in [-0.2, 0) is 20.8 Å². The number of hydrogen-bond donors (Lipinski definition) is 3. The zero-order valence-corrected chi connectivity index (χ0v) is 66.2. The van der Waals surface area contributed by atoms with E-state index in [0.717, 1.165) is 158 Å². The maximum Gasteiger partial charge on any atom is 0.234 e. The van der Waals surface area contributed by atoms with E-state index < -0.39 is 0 Å². The number of fused-ring (bicyclic) bond motifs is 9. The van der Waals surface area contributed by atoms with Crippen molar-refractivity contribution in [2.75, 3.05) is 79.0 Å². The molecule has 3 N–H and O–H groups in total. The molecule has 5 aliphatic rings. The van der Waals surface area contributed by atoms with Gasteiger partial charge in [0, 0.05) is 134 Å². The number of thiophene rings is 3. The van der Waals surface area contributed by atoms with Crippen LogP contribution in [0.3, 0.4) is 0 Å². The van der Waals surface area contributed by atoms with Gasteiger partial charge in [0.25, 0.3) is 0 Å². The Kier molecular flexibility index (Phi) is 24.1. The molecule has 106 heavy (non-hydrogen) atoms. The lowest BCUT2D eigenvalue weighted by atomic mass is 10.00. The topological polar surface area (TPSA) is 239 Å². The molecule has 2 fully saturated rings. The molecule has 0 aliphatic carbocycles. The van der Waals surface area contributed by atoms with Crippen LogP contribution in [-0.4, -0.2) is 178 Å². The molecule has 10 aromatic rings. The third kappa shape index (κ3) is 16.9. The number of nitrogens with zero attached hydrogens (tertiary/aromatic N) is 16. The van der Waals surface area contributed by atoms with Gasteiger partial charge < -0.3 is 25.8 Å². The minimum atomic E-state index is -0.386. The second kappa shape index (κ2) is 33.7. The number of carbonyl (C=O) groups is 3. The standard InChI is InChI=1S/C27H33ClN6OS.C26H25ClN6OS.C25H30ClN7OS/c1-17-18(2)36-27-24(17)25(20-9-11-21(28)12-10-20)30-22(26-32-31-19(3)34(26)27)16-29-23(35)8-7-15-33-13-5-4-6-14-33;1-15-16(2)35-26-23(15)24(19-7-9-20(27)10-8-19)30-21(25-32-31-17(3)33(25)26)14-29-22(34)11-6-18-5-4-12-28-13-18;1-15-16(2)35-25-22(15)23(18-5-7-19(26)8-6-18)28-20(24-30-29-17(3)33(24)25)13-27-21(34)14-32-11-9-31(4)10-12-32/h9-12,22H,4-8,13-16H2,1-3H3,(H,29,35);4-5,7-10,12-13,21H,6,11,14H2,1-3H3,(H,29,34);5-8,20H,9-14H2,1-4H3,(H,27,34)/t22-;21-;20-/m000/s1. The van der Waals surface area contributed by atoms with E-state index in [4.69, 9.17) is 49.8 Å². The number of aromatic nitrogens is 10. The van der Waals surface area contributed by atoms with Gasteiger partial charge in [0.2, 0.25) is 17.7 Å². The summed E-state index contributed by atoms with van der Waals surface area (Å²) in [5, 5.41) is 41.1. The fourth-order valence-electron chi connectivity index (χ4n) is 13.9. The van der Waals surface area contributed by atoms with Gasteiger partial charge in [-0.1, -0.05) is 83.7 Å². The number of aliphatic imine (C=N–C) groups is 3. The number of aryl methyl sites for hydroxylation is 7. The van der Waals surface area contributed by atoms with Gasteiger partial charge in [-0.3, -0.25) is 52.9 Å². The molecule has 0 saturated carbocycles. The number of piperazine rings is 1. The summed E-state index contributed by atoms with van der Waals surface area (Å²) in [6.45, 7) is 27.2. The highest BCUT2D eigenvalue weighted by molar-refractivity contribution is 7.15.